The van der Waals surface area contributed by atoms with Gasteiger partial charge in [0, 0.05) is 17.5 Å². The Morgan fingerprint density at radius 3 is 2.58 bits per heavy atom. The number of halogens is 1. The predicted octanol–water partition coefficient (Wildman–Crippen LogP) is 3.75. The lowest BCUT2D eigenvalue weighted by Gasteiger charge is -2.23. The summed E-state index contributed by atoms with van der Waals surface area (Å²) in [6.07, 6.45) is 1.02. The lowest BCUT2D eigenvalue weighted by atomic mass is 10.2. The maximum Gasteiger partial charge on any atom is 0.244 e. The Bertz CT molecular complexity index is 1180. The second-order valence-corrected chi connectivity index (χ2v) is 9.73. The molecular formula is C21H20FN3O4S2. The van der Waals surface area contributed by atoms with E-state index in [1.807, 2.05) is 0 Å². The molecule has 1 aliphatic heterocycles. The first-order valence-electron chi connectivity index (χ1n) is 9.57. The van der Waals surface area contributed by atoms with E-state index >= 15 is 0 Å². The van der Waals surface area contributed by atoms with Crippen molar-refractivity contribution in [2.45, 2.75) is 23.8 Å². The van der Waals surface area contributed by atoms with Crippen molar-refractivity contribution in [3.05, 3.63) is 59.7 Å². The van der Waals surface area contributed by atoms with Crippen LogP contribution in [-0.2, 0) is 14.8 Å². The molecule has 2 heterocycles. The Balaban J connectivity index is 1.49. The van der Waals surface area contributed by atoms with Crippen molar-refractivity contribution in [2.24, 2.45) is 0 Å². The quantitative estimate of drug-likeness (QED) is 0.604. The van der Waals surface area contributed by atoms with Crippen LogP contribution in [0.5, 0.6) is 5.75 Å². The molecule has 4 rings (SSSR count). The largest absolute Gasteiger partial charge is 0.497 e. The van der Waals surface area contributed by atoms with E-state index in [-0.39, 0.29) is 17.3 Å². The number of rotatable bonds is 6. The summed E-state index contributed by atoms with van der Waals surface area (Å²) in [5, 5.41) is 4.84. The number of anilines is 1. The molecule has 1 N–H and O–H groups in total. The van der Waals surface area contributed by atoms with E-state index in [0.717, 1.165) is 5.56 Å². The molecule has 1 saturated heterocycles. The Labute approximate surface area is 183 Å². The molecule has 0 bridgehead atoms. The summed E-state index contributed by atoms with van der Waals surface area (Å²) in [4.78, 5) is 17.4. The van der Waals surface area contributed by atoms with Gasteiger partial charge in [0.25, 0.3) is 0 Å². The summed E-state index contributed by atoms with van der Waals surface area (Å²) in [6, 6.07) is 11.2. The van der Waals surface area contributed by atoms with Crippen LogP contribution in [0, 0.1) is 5.82 Å². The molecule has 1 unspecified atom stereocenters. The van der Waals surface area contributed by atoms with Crippen LogP contribution in [0.15, 0.2) is 58.8 Å². The maximum absolute atomic E-state index is 13.1. The van der Waals surface area contributed by atoms with Crippen molar-refractivity contribution in [3.8, 4) is 17.0 Å². The zero-order valence-electron chi connectivity index (χ0n) is 16.6. The van der Waals surface area contributed by atoms with Gasteiger partial charge in [0.15, 0.2) is 5.13 Å². The molecule has 31 heavy (non-hydrogen) atoms. The van der Waals surface area contributed by atoms with E-state index in [9.17, 15) is 17.6 Å². The summed E-state index contributed by atoms with van der Waals surface area (Å²) >= 11 is 1.23. The molecule has 1 aliphatic rings. The molecule has 3 aromatic rings. The van der Waals surface area contributed by atoms with Gasteiger partial charge in [-0.05, 0) is 61.4 Å². The molecule has 0 radical (unpaired) electrons. The average molecular weight is 462 g/mol. The number of ether oxygens (including phenoxy) is 1. The second-order valence-electron chi connectivity index (χ2n) is 6.98. The van der Waals surface area contributed by atoms with Gasteiger partial charge < -0.3 is 10.1 Å². The van der Waals surface area contributed by atoms with Crippen LogP contribution in [0.1, 0.15) is 12.8 Å². The Kier molecular flexibility index (Phi) is 6.03. The highest BCUT2D eigenvalue weighted by Gasteiger charge is 2.39. The van der Waals surface area contributed by atoms with Gasteiger partial charge in [0.1, 0.15) is 17.6 Å². The van der Waals surface area contributed by atoms with E-state index < -0.39 is 22.0 Å². The van der Waals surface area contributed by atoms with Crippen LogP contribution in [0.25, 0.3) is 11.3 Å². The minimum Gasteiger partial charge on any atom is -0.497 e. The van der Waals surface area contributed by atoms with Gasteiger partial charge in [0.2, 0.25) is 15.9 Å². The van der Waals surface area contributed by atoms with Gasteiger partial charge in [-0.2, -0.15) is 4.31 Å². The number of methoxy groups -OCH3 is 1. The van der Waals surface area contributed by atoms with E-state index in [1.54, 1.807) is 29.6 Å². The summed E-state index contributed by atoms with van der Waals surface area (Å²) in [5.74, 6) is -0.211. The van der Waals surface area contributed by atoms with Crippen LogP contribution in [0.2, 0.25) is 0 Å². The topological polar surface area (TPSA) is 88.6 Å². The highest BCUT2D eigenvalue weighted by atomic mass is 32.2. The SMILES string of the molecule is COc1ccc(S(=O)(=O)N2CCCC2C(=O)Nc2nc(-c3ccc(F)cc3)cs2)cc1. The zero-order valence-corrected chi connectivity index (χ0v) is 18.2. The number of nitrogens with zero attached hydrogens (tertiary/aromatic N) is 2. The van der Waals surface area contributed by atoms with Gasteiger partial charge in [-0.3, -0.25) is 4.79 Å². The number of sulfonamides is 1. The van der Waals surface area contributed by atoms with Crippen molar-refractivity contribution in [2.75, 3.05) is 19.0 Å². The fourth-order valence-corrected chi connectivity index (χ4v) is 5.83. The molecule has 0 saturated carbocycles. The number of hydrogen-bond donors (Lipinski definition) is 1. The van der Waals surface area contributed by atoms with Crippen LogP contribution in [0.4, 0.5) is 9.52 Å². The van der Waals surface area contributed by atoms with Crippen molar-refractivity contribution in [3.63, 3.8) is 0 Å². The van der Waals surface area contributed by atoms with Crippen molar-refractivity contribution >= 4 is 32.4 Å². The van der Waals surface area contributed by atoms with E-state index in [1.165, 1.54) is 47.0 Å². The fraction of sp³-hybridized carbons (Fsp3) is 0.238. The van der Waals surface area contributed by atoms with E-state index in [4.69, 9.17) is 4.74 Å². The molecule has 0 aliphatic carbocycles. The molecule has 1 atom stereocenters. The molecular weight excluding hydrogens is 441 g/mol. The zero-order chi connectivity index (χ0) is 22.0. The first-order chi connectivity index (χ1) is 14.9. The Morgan fingerprint density at radius 2 is 1.90 bits per heavy atom. The van der Waals surface area contributed by atoms with Crippen molar-refractivity contribution in [1.29, 1.82) is 0 Å². The summed E-state index contributed by atoms with van der Waals surface area (Å²) in [6.45, 7) is 0.269. The smallest absolute Gasteiger partial charge is 0.244 e. The standard InChI is InChI=1S/C21H20FN3O4S2/c1-29-16-8-10-17(11-9-16)31(27,28)25-12-2-3-19(25)20(26)24-21-23-18(13-30-21)14-4-6-15(22)7-5-14/h4-11,13,19H,2-3,12H2,1H3,(H,23,24,26). The van der Waals surface area contributed by atoms with Gasteiger partial charge >= 0.3 is 0 Å². The normalized spacial score (nSPS) is 16.9. The number of thiazole rings is 1. The van der Waals surface area contributed by atoms with Gasteiger partial charge in [-0.25, -0.2) is 17.8 Å². The lowest BCUT2D eigenvalue weighted by Crippen LogP contribution is -2.43. The minimum atomic E-state index is -3.83. The van der Waals surface area contributed by atoms with Crippen LogP contribution in [-0.4, -0.2) is 43.3 Å². The lowest BCUT2D eigenvalue weighted by molar-refractivity contribution is -0.119. The summed E-state index contributed by atoms with van der Waals surface area (Å²) in [7, 11) is -2.32. The Morgan fingerprint density at radius 1 is 1.19 bits per heavy atom. The highest BCUT2D eigenvalue weighted by Crippen LogP contribution is 2.29. The molecule has 2 aromatic carbocycles. The minimum absolute atomic E-state index is 0.112. The van der Waals surface area contributed by atoms with E-state index in [0.29, 0.717) is 29.4 Å². The number of carbonyl (C=O) groups excluding carboxylic acids is 1. The van der Waals surface area contributed by atoms with Gasteiger partial charge in [-0.1, -0.05) is 0 Å². The van der Waals surface area contributed by atoms with Crippen molar-refractivity contribution < 1.29 is 22.3 Å². The van der Waals surface area contributed by atoms with Crippen molar-refractivity contribution in [1.82, 2.24) is 9.29 Å². The predicted molar refractivity (Wildman–Crippen MR) is 116 cm³/mol. The third-order valence-electron chi connectivity index (χ3n) is 5.05. The first-order valence-corrected chi connectivity index (χ1v) is 11.9. The molecule has 0 spiro atoms. The molecule has 10 heteroatoms. The van der Waals surface area contributed by atoms with Crippen LogP contribution in [0.3, 0.4) is 0 Å². The molecule has 1 aromatic heterocycles. The third kappa shape index (κ3) is 4.46. The number of aromatic nitrogens is 1. The second kappa shape index (κ2) is 8.74. The highest BCUT2D eigenvalue weighted by molar-refractivity contribution is 7.89. The maximum atomic E-state index is 13.1. The number of nitrogens with one attached hydrogen (secondary N) is 1. The van der Waals surface area contributed by atoms with E-state index in [2.05, 4.69) is 10.3 Å². The average Bonchev–Trinajstić information content (AvgIpc) is 3.44. The monoisotopic (exact) mass is 461 g/mol. The number of hydrogen-bond acceptors (Lipinski definition) is 6. The number of amides is 1. The third-order valence-corrected chi connectivity index (χ3v) is 7.73. The molecule has 7 nitrogen and oxygen atoms in total. The first kappa shape index (κ1) is 21.4. The molecule has 162 valence electrons. The number of benzene rings is 2. The van der Waals surface area contributed by atoms with Gasteiger partial charge in [0.05, 0.1) is 17.7 Å². The molecule has 1 amide bonds. The number of carbonyl (C=O) groups is 1. The van der Waals surface area contributed by atoms with Crippen LogP contribution >= 0.6 is 11.3 Å². The fourth-order valence-electron chi connectivity index (χ4n) is 3.45. The molecule has 1 fully saturated rings. The summed E-state index contributed by atoms with van der Waals surface area (Å²) < 4.78 is 45.6. The van der Waals surface area contributed by atoms with Gasteiger partial charge in [-0.15, -0.1) is 11.3 Å². The van der Waals surface area contributed by atoms with Crippen LogP contribution < -0.4 is 10.1 Å². The summed E-state index contributed by atoms with van der Waals surface area (Å²) in [5.41, 5.74) is 1.33. The Hall–Kier alpha value is -2.82.